The number of ether oxygens (including phenoxy) is 1. The summed E-state index contributed by atoms with van der Waals surface area (Å²) in [6.45, 7) is 2.44. The number of benzene rings is 2. The molecule has 4 nitrogen and oxygen atoms in total. The largest absolute Gasteiger partial charge is 0.493 e. The summed E-state index contributed by atoms with van der Waals surface area (Å²) in [6.07, 6.45) is 1.74. The molecule has 0 spiro atoms. The maximum absolute atomic E-state index is 10.9. The second-order valence-electron chi connectivity index (χ2n) is 4.52. The van der Waals surface area contributed by atoms with E-state index in [1.54, 1.807) is 18.2 Å². The normalized spacial score (nSPS) is 10.8. The van der Waals surface area contributed by atoms with Crippen molar-refractivity contribution in [2.24, 2.45) is 0 Å². The fourth-order valence-electron chi connectivity index (χ4n) is 2.01. The summed E-state index contributed by atoms with van der Waals surface area (Å²) < 4.78 is 5.54. The van der Waals surface area contributed by atoms with Crippen LogP contribution in [0.1, 0.15) is 28.4 Å². The minimum absolute atomic E-state index is 0.191. The molecule has 0 heterocycles. The Hall–Kier alpha value is -3.06. The summed E-state index contributed by atoms with van der Waals surface area (Å²) in [5, 5.41) is 18.3. The van der Waals surface area contributed by atoms with Crippen LogP contribution >= 0.6 is 0 Å². The highest BCUT2D eigenvalue weighted by Crippen LogP contribution is 2.24. The van der Waals surface area contributed by atoms with E-state index in [0.29, 0.717) is 23.5 Å². The molecule has 0 aromatic heterocycles. The zero-order chi connectivity index (χ0) is 15.9. The van der Waals surface area contributed by atoms with E-state index < -0.39 is 5.97 Å². The van der Waals surface area contributed by atoms with Gasteiger partial charge in [0.1, 0.15) is 5.75 Å². The lowest BCUT2D eigenvalue weighted by Crippen LogP contribution is -1.96. The Balaban J connectivity index is 2.40. The monoisotopic (exact) mass is 293 g/mol. The number of rotatable bonds is 5. The number of nitriles is 1. The van der Waals surface area contributed by atoms with Crippen molar-refractivity contribution < 1.29 is 14.6 Å². The fourth-order valence-corrected chi connectivity index (χ4v) is 2.01. The van der Waals surface area contributed by atoms with Gasteiger partial charge < -0.3 is 9.84 Å². The molecular formula is C18H15NO3. The van der Waals surface area contributed by atoms with Gasteiger partial charge in [0.15, 0.2) is 0 Å². The third kappa shape index (κ3) is 3.53. The summed E-state index contributed by atoms with van der Waals surface area (Å²) in [6, 6.07) is 15.8. The average molecular weight is 293 g/mol. The predicted molar refractivity (Wildman–Crippen MR) is 84.5 cm³/mol. The van der Waals surface area contributed by atoms with Gasteiger partial charge in [-0.05, 0) is 36.8 Å². The Morgan fingerprint density at radius 2 is 1.82 bits per heavy atom. The van der Waals surface area contributed by atoms with E-state index in [4.69, 9.17) is 9.84 Å². The van der Waals surface area contributed by atoms with Gasteiger partial charge in [-0.15, -0.1) is 0 Å². The quantitative estimate of drug-likeness (QED) is 0.671. The number of hydrogen-bond donors (Lipinski definition) is 1. The summed E-state index contributed by atoms with van der Waals surface area (Å²) in [5.74, 6) is -0.282. The van der Waals surface area contributed by atoms with Crippen LogP contribution in [0.25, 0.3) is 11.6 Å². The van der Waals surface area contributed by atoms with E-state index >= 15 is 0 Å². The number of carboxylic acids is 1. The molecule has 0 amide bonds. The molecule has 4 heteroatoms. The first kappa shape index (κ1) is 15.3. The van der Waals surface area contributed by atoms with Crippen LogP contribution in [0.3, 0.4) is 0 Å². The highest BCUT2D eigenvalue weighted by Gasteiger charge is 2.07. The highest BCUT2D eigenvalue weighted by atomic mass is 16.5. The number of aromatic carboxylic acids is 1. The van der Waals surface area contributed by atoms with Gasteiger partial charge in [0.25, 0.3) is 0 Å². The molecular weight excluding hydrogens is 278 g/mol. The molecule has 110 valence electrons. The smallest absolute Gasteiger partial charge is 0.335 e. The molecule has 1 N–H and O–H groups in total. The van der Waals surface area contributed by atoms with Gasteiger partial charge in [0, 0.05) is 5.56 Å². The molecule has 2 rings (SSSR count). The number of nitrogens with zero attached hydrogens (tertiary/aromatic N) is 1. The van der Waals surface area contributed by atoms with E-state index in [0.717, 1.165) is 5.56 Å². The number of hydrogen-bond acceptors (Lipinski definition) is 3. The molecule has 2 aromatic rings. The minimum atomic E-state index is -0.990. The van der Waals surface area contributed by atoms with E-state index in [1.807, 2.05) is 31.2 Å². The molecule has 0 bridgehead atoms. The lowest BCUT2D eigenvalue weighted by molar-refractivity contribution is 0.0697. The van der Waals surface area contributed by atoms with Gasteiger partial charge in [0.2, 0.25) is 0 Å². The van der Waals surface area contributed by atoms with Crippen LogP contribution in [-0.4, -0.2) is 17.7 Å². The van der Waals surface area contributed by atoms with E-state index in [-0.39, 0.29) is 5.56 Å². The van der Waals surface area contributed by atoms with Crippen LogP contribution in [0, 0.1) is 11.3 Å². The third-order valence-electron chi connectivity index (χ3n) is 3.08. The molecule has 0 aliphatic rings. The SMILES string of the molecule is CCOc1ccccc1/C=C(/C#N)c1ccc(C(=O)O)cc1. The summed E-state index contributed by atoms with van der Waals surface area (Å²) in [4.78, 5) is 10.9. The predicted octanol–water partition coefficient (Wildman–Crippen LogP) is 3.85. The zero-order valence-electron chi connectivity index (χ0n) is 12.1. The van der Waals surface area contributed by atoms with E-state index in [1.165, 1.54) is 12.1 Å². The Kier molecular flexibility index (Phi) is 4.94. The van der Waals surface area contributed by atoms with Gasteiger partial charge in [0.05, 0.1) is 23.8 Å². The van der Waals surface area contributed by atoms with Gasteiger partial charge in [-0.1, -0.05) is 30.3 Å². The number of allylic oxidation sites excluding steroid dienone is 1. The molecule has 0 atom stereocenters. The lowest BCUT2D eigenvalue weighted by atomic mass is 10.0. The molecule has 0 aliphatic heterocycles. The zero-order valence-corrected chi connectivity index (χ0v) is 12.1. The van der Waals surface area contributed by atoms with Crippen molar-refractivity contribution in [2.75, 3.05) is 6.61 Å². The van der Waals surface area contributed by atoms with Crippen LogP contribution in [0.15, 0.2) is 48.5 Å². The van der Waals surface area contributed by atoms with Crippen LogP contribution < -0.4 is 4.74 Å². The van der Waals surface area contributed by atoms with Crippen molar-refractivity contribution >= 4 is 17.6 Å². The molecule has 0 saturated carbocycles. The summed E-state index contributed by atoms with van der Waals surface area (Å²) >= 11 is 0. The standard InChI is InChI=1S/C18H15NO3/c1-2-22-17-6-4-3-5-15(17)11-16(12-19)13-7-9-14(10-8-13)18(20)21/h3-11H,2H2,1H3,(H,20,21)/b16-11-. The first-order valence-electron chi connectivity index (χ1n) is 6.83. The molecule has 0 aliphatic carbocycles. The topological polar surface area (TPSA) is 70.3 Å². The number of carbonyl (C=O) groups is 1. The van der Waals surface area contributed by atoms with Crippen LogP contribution in [-0.2, 0) is 0 Å². The Bertz CT molecular complexity index is 740. The van der Waals surface area contributed by atoms with Crippen molar-refractivity contribution in [3.63, 3.8) is 0 Å². The van der Waals surface area contributed by atoms with Gasteiger partial charge in [-0.3, -0.25) is 0 Å². The van der Waals surface area contributed by atoms with Crippen LogP contribution in [0.5, 0.6) is 5.75 Å². The van der Waals surface area contributed by atoms with Gasteiger partial charge in [-0.25, -0.2) is 4.79 Å². The second-order valence-corrected chi connectivity index (χ2v) is 4.52. The summed E-state index contributed by atoms with van der Waals surface area (Å²) in [5.41, 5.74) is 2.11. The van der Waals surface area contributed by atoms with Crippen molar-refractivity contribution in [3.8, 4) is 11.8 Å². The summed E-state index contributed by atoms with van der Waals surface area (Å²) in [7, 11) is 0. The average Bonchev–Trinajstić information content (AvgIpc) is 2.54. The third-order valence-corrected chi connectivity index (χ3v) is 3.08. The maximum Gasteiger partial charge on any atom is 0.335 e. The fraction of sp³-hybridized carbons (Fsp3) is 0.111. The molecule has 0 fully saturated rings. The highest BCUT2D eigenvalue weighted by molar-refractivity contribution is 5.92. The maximum atomic E-state index is 10.9. The number of carboxylic acid groups (broad SMARTS) is 1. The minimum Gasteiger partial charge on any atom is -0.493 e. The van der Waals surface area contributed by atoms with E-state index in [9.17, 15) is 10.1 Å². The van der Waals surface area contributed by atoms with Gasteiger partial charge in [-0.2, -0.15) is 5.26 Å². The Labute approximate surface area is 128 Å². The molecule has 0 radical (unpaired) electrons. The van der Waals surface area contributed by atoms with Crippen molar-refractivity contribution in [2.45, 2.75) is 6.92 Å². The van der Waals surface area contributed by atoms with Crippen LogP contribution in [0.4, 0.5) is 0 Å². The first-order chi connectivity index (χ1) is 10.7. The first-order valence-corrected chi connectivity index (χ1v) is 6.83. The van der Waals surface area contributed by atoms with Crippen molar-refractivity contribution in [3.05, 3.63) is 65.2 Å². The number of para-hydroxylation sites is 1. The molecule has 2 aromatic carbocycles. The molecule has 0 saturated heterocycles. The lowest BCUT2D eigenvalue weighted by Gasteiger charge is -2.07. The van der Waals surface area contributed by atoms with Crippen molar-refractivity contribution in [1.82, 2.24) is 0 Å². The molecule has 0 unspecified atom stereocenters. The Morgan fingerprint density at radius 3 is 2.41 bits per heavy atom. The molecule has 22 heavy (non-hydrogen) atoms. The van der Waals surface area contributed by atoms with Crippen LogP contribution in [0.2, 0.25) is 0 Å². The van der Waals surface area contributed by atoms with Gasteiger partial charge >= 0.3 is 5.97 Å². The Morgan fingerprint density at radius 1 is 1.18 bits per heavy atom. The van der Waals surface area contributed by atoms with E-state index in [2.05, 4.69) is 6.07 Å². The van der Waals surface area contributed by atoms with Crippen molar-refractivity contribution in [1.29, 1.82) is 5.26 Å². The second kappa shape index (κ2) is 7.09.